The van der Waals surface area contributed by atoms with Gasteiger partial charge in [0.2, 0.25) is 0 Å². The van der Waals surface area contributed by atoms with Gasteiger partial charge in [-0.05, 0) is 50.1 Å². The number of ether oxygens (including phenoxy) is 1. The SMILES string of the molecule is COC(=O)C(Nc1ccccc1F)c1cc(Br)c(Br)s1. The van der Waals surface area contributed by atoms with E-state index in [1.165, 1.54) is 24.5 Å². The maximum absolute atomic E-state index is 13.7. The van der Waals surface area contributed by atoms with E-state index < -0.39 is 17.8 Å². The van der Waals surface area contributed by atoms with Gasteiger partial charge in [0, 0.05) is 9.35 Å². The second-order valence-electron chi connectivity index (χ2n) is 3.85. The summed E-state index contributed by atoms with van der Waals surface area (Å²) in [7, 11) is 1.30. The van der Waals surface area contributed by atoms with Crippen molar-refractivity contribution in [2.75, 3.05) is 12.4 Å². The van der Waals surface area contributed by atoms with Crippen LogP contribution in [0.3, 0.4) is 0 Å². The first-order valence-corrected chi connectivity index (χ1v) is 7.96. The fraction of sp³-hybridized carbons (Fsp3) is 0.154. The first-order chi connectivity index (χ1) is 9.52. The second-order valence-corrected chi connectivity index (χ2v) is 7.11. The van der Waals surface area contributed by atoms with Crippen LogP contribution in [0.15, 0.2) is 38.6 Å². The quantitative estimate of drug-likeness (QED) is 0.723. The van der Waals surface area contributed by atoms with E-state index >= 15 is 0 Å². The van der Waals surface area contributed by atoms with Crippen molar-refractivity contribution in [3.63, 3.8) is 0 Å². The minimum Gasteiger partial charge on any atom is -0.467 e. The standard InChI is InChI=1S/C13H10Br2FNO2S/c1-19-13(18)11(10-6-7(14)12(15)20-10)17-9-5-3-2-4-8(9)16/h2-6,11,17H,1H3. The van der Waals surface area contributed by atoms with Crippen molar-refractivity contribution in [1.82, 2.24) is 0 Å². The number of methoxy groups -OCH3 is 1. The molecule has 0 aliphatic heterocycles. The van der Waals surface area contributed by atoms with Crippen LogP contribution in [-0.4, -0.2) is 13.1 Å². The average Bonchev–Trinajstić information content (AvgIpc) is 2.76. The number of rotatable bonds is 4. The third kappa shape index (κ3) is 3.39. The highest BCUT2D eigenvalue weighted by Gasteiger charge is 2.25. The van der Waals surface area contributed by atoms with E-state index in [1.54, 1.807) is 24.3 Å². The van der Waals surface area contributed by atoms with Gasteiger partial charge >= 0.3 is 5.97 Å². The summed E-state index contributed by atoms with van der Waals surface area (Å²) in [5, 5.41) is 2.87. The van der Waals surface area contributed by atoms with E-state index in [9.17, 15) is 9.18 Å². The molecule has 7 heteroatoms. The number of halogens is 3. The molecule has 3 nitrogen and oxygen atoms in total. The minimum absolute atomic E-state index is 0.253. The summed E-state index contributed by atoms with van der Waals surface area (Å²) in [6.45, 7) is 0. The number of hydrogen-bond acceptors (Lipinski definition) is 4. The molecule has 0 spiro atoms. The summed E-state index contributed by atoms with van der Waals surface area (Å²) in [5.41, 5.74) is 0.253. The van der Waals surface area contributed by atoms with Crippen molar-refractivity contribution < 1.29 is 13.9 Å². The van der Waals surface area contributed by atoms with E-state index in [0.717, 1.165) is 13.1 Å². The van der Waals surface area contributed by atoms with E-state index in [1.807, 2.05) is 0 Å². The molecule has 20 heavy (non-hydrogen) atoms. The number of carbonyl (C=O) groups is 1. The van der Waals surface area contributed by atoms with Crippen LogP contribution in [0.4, 0.5) is 10.1 Å². The van der Waals surface area contributed by atoms with Crippen LogP contribution in [0.5, 0.6) is 0 Å². The highest BCUT2D eigenvalue weighted by molar-refractivity contribution is 9.13. The highest BCUT2D eigenvalue weighted by Crippen LogP contribution is 2.37. The first-order valence-electron chi connectivity index (χ1n) is 5.56. The fourth-order valence-corrected chi connectivity index (χ4v) is 3.73. The van der Waals surface area contributed by atoms with Crippen molar-refractivity contribution in [3.8, 4) is 0 Å². The minimum atomic E-state index is -0.760. The number of carbonyl (C=O) groups excluding carboxylic acids is 1. The third-order valence-electron chi connectivity index (χ3n) is 2.56. The zero-order valence-corrected chi connectivity index (χ0v) is 14.3. The maximum atomic E-state index is 13.7. The lowest BCUT2D eigenvalue weighted by Gasteiger charge is -2.16. The Morgan fingerprint density at radius 2 is 2.10 bits per heavy atom. The number of esters is 1. The lowest BCUT2D eigenvalue weighted by molar-refractivity contribution is -0.141. The molecule has 0 aliphatic rings. The summed E-state index contributed by atoms with van der Waals surface area (Å²) in [4.78, 5) is 12.6. The Kier molecular flexibility index (Phi) is 5.17. The van der Waals surface area contributed by atoms with Gasteiger partial charge in [0.15, 0.2) is 6.04 Å². The predicted octanol–water partition coefficient (Wildman–Crippen LogP) is 4.74. The third-order valence-corrected chi connectivity index (χ3v) is 5.88. The zero-order valence-electron chi connectivity index (χ0n) is 10.3. The van der Waals surface area contributed by atoms with Gasteiger partial charge in [-0.3, -0.25) is 0 Å². The number of para-hydroxylation sites is 1. The second kappa shape index (κ2) is 6.69. The molecule has 0 amide bonds. The van der Waals surface area contributed by atoms with Crippen LogP contribution in [0.1, 0.15) is 10.9 Å². The van der Waals surface area contributed by atoms with Crippen molar-refractivity contribution in [2.45, 2.75) is 6.04 Å². The highest BCUT2D eigenvalue weighted by atomic mass is 79.9. The molecule has 0 radical (unpaired) electrons. The fourth-order valence-electron chi connectivity index (χ4n) is 1.60. The number of nitrogens with one attached hydrogen (secondary N) is 1. The smallest absolute Gasteiger partial charge is 0.333 e. The van der Waals surface area contributed by atoms with Crippen molar-refractivity contribution >= 4 is 54.9 Å². The number of benzene rings is 1. The molecular weight excluding hydrogens is 413 g/mol. The van der Waals surface area contributed by atoms with Gasteiger partial charge in [-0.25, -0.2) is 9.18 Å². The van der Waals surface area contributed by atoms with E-state index in [4.69, 9.17) is 4.74 Å². The molecule has 1 unspecified atom stereocenters. The van der Waals surface area contributed by atoms with Crippen LogP contribution in [-0.2, 0) is 9.53 Å². The molecule has 0 fully saturated rings. The Balaban J connectivity index is 2.34. The van der Waals surface area contributed by atoms with Gasteiger partial charge in [-0.1, -0.05) is 12.1 Å². The Hall–Kier alpha value is -0.920. The monoisotopic (exact) mass is 421 g/mol. The lowest BCUT2D eigenvalue weighted by Crippen LogP contribution is -2.21. The van der Waals surface area contributed by atoms with Crippen LogP contribution < -0.4 is 5.32 Å². The normalized spacial score (nSPS) is 12.0. The van der Waals surface area contributed by atoms with E-state index in [0.29, 0.717) is 0 Å². The average molecular weight is 423 g/mol. The number of anilines is 1. The molecule has 0 saturated carbocycles. The predicted molar refractivity (Wildman–Crippen MR) is 84.5 cm³/mol. The molecule has 2 aromatic rings. The van der Waals surface area contributed by atoms with Crippen molar-refractivity contribution in [3.05, 3.63) is 49.3 Å². The molecule has 0 saturated heterocycles. The topological polar surface area (TPSA) is 38.3 Å². The summed E-state index contributed by atoms with van der Waals surface area (Å²) >= 11 is 8.11. The van der Waals surface area contributed by atoms with Gasteiger partial charge < -0.3 is 10.1 Å². The zero-order chi connectivity index (χ0) is 14.7. The molecule has 2 rings (SSSR count). The Labute approximate surface area is 136 Å². The summed E-state index contributed by atoms with van der Waals surface area (Å²) in [5.74, 6) is -0.898. The van der Waals surface area contributed by atoms with Gasteiger partial charge in [0.25, 0.3) is 0 Å². The van der Waals surface area contributed by atoms with Crippen LogP contribution in [0, 0.1) is 5.82 Å². The Bertz CT molecular complexity index is 613. The molecule has 1 atom stereocenters. The van der Waals surface area contributed by atoms with Gasteiger partial charge in [-0.2, -0.15) is 0 Å². The van der Waals surface area contributed by atoms with Crippen molar-refractivity contribution in [1.29, 1.82) is 0 Å². The van der Waals surface area contributed by atoms with E-state index in [2.05, 4.69) is 37.2 Å². The molecule has 1 N–H and O–H groups in total. The van der Waals surface area contributed by atoms with Crippen molar-refractivity contribution in [2.24, 2.45) is 0 Å². The molecule has 106 valence electrons. The molecule has 0 aliphatic carbocycles. The summed E-state index contributed by atoms with van der Waals surface area (Å²) in [6, 6.07) is 7.22. The molecule has 1 heterocycles. The van der Waals surface area contributed by atoms with Crippen LogP contribution in [0.25, 0.3) is 0 Å². The first kappa shape index (κ1) is 15.5. The van der Waals surface area contributed by atoms with Crippen LogP contribution >= 0.6 is 43.2 Å². The van der Waals surface area contributed by atoms with Crippen LogP contribution in [0.2, 0.25) is 0 Å². The number of thiophene rings is 1. The molecule has 0 bridgehead atoms. The largest absolute Gasteiger partial charge is 0.467 e. The van der Waals surface area contributed by atoms with Gasteiger partial charge in [0.1, 0.15) is 5.82 Å². The molecular formula is C13H10Br2FNO2S. The Morgan fingerprint density at radius 3 is 2.65 bits per heavy atom. The summed E-state index contributed by atoms with van der Waals surface area (Å²) < 4.78 is 20.2. The van der Waals surface area contributed by atoms with Gasteiger partial charge in [-0.15, -0.1) is 11.3 Å². The Morgan fingerprint density at radius 1 is 1.40 bits per heavy atom. The van der Waals surface area contributed by atoms with E-state index in [-0.39, 0.29) is 5.69 Å². The summed E-state index contributed by atoms with van der Waals surface area (Å²) in [6.07, 6.45) is 0. The maximum Gasteiger partial charge on any atom is 0.333 e. The molecule has 1 aromatic carbocycles. The number of hydrogen-bond donors (Lipinski definition) is 1. The molecule has 1 aromatic heterocycles. The lowest BCUT2D eigenvalue weighted by atomic mass is 10.2. The van der Waals surface area contributed by atoms with Gasteiger partial charge in [0.05, 0.1) is 16.6 Å².